The molecule has 0 aliphatic carbocycles. The maximum atomic E-state index is 3.78. The highest BCUT2D eigenvalue weighted by molar-refractivity contribution is 8.76. The highest BCUT2D eigenvalue weighted by atomic mass is 33.1. The van der Waals surface area contributed by atoms with E-state index in [9.17, 15) is 0 Å². The lowest BCUT2D eigenvalue weighted by molar-refractivity contribution is 0.541. The number of hydrogen-bond donors (Lipinski definition) is 2. The summed E-state index contributed by atoms with van der Waals surface area (Å²) in [6.07, 6.45) is 18.3. The molecule has 0 aliphatic rings. The van der Waals surface area contributed by atoms with Crippen molar-refractivity contribution in [3.05, 3.63) is 48.5 Å². The van der Waals surface area contributed by atoms with Crippen LogP contribution < -0.4 is 10.6 Å². The summed E-state index contributed by atoms with van der Waals surface area (Å²) in [4.78, 5) is 2.61. The second-order valence-electron chi connectivity index (χ2n) is 10.2. The molecule has 0 bridgehead atoms. The summed E-state index contributed by atoms with van der Waals surface area (Å²) in [7, 11) is 3.69. The Kier molecular flexibility index (Phi) is 17.0. The first kappa shape index (κ1) is 31.0. The van der Waals surface area contributed by atoms with Gasteiger partial charge >= 0.3 is 0 Å². The Balaban J connectivity index is 1.79. The van der Waals surface area contributed by atoms with E-state index in [-0.39, 0.29) is 0 Å². The second-order valence-corrected chi connectivity index (χ2v) is 12.5. The summed E-state index contributed by atoms with van der Waals surface area (Å²) in [5.41, 5.74) is 2.51. The van der Waals surface area contributed by atoms with Crippen molar-refractivity contribution in [1.29, 1.82) is 0 Å². The number of anilines is 2. The van der Waals surface area contributed by atoms with E-state index in [1.54, 1.807) is 0 Å². The van der Waals surface area contributed by atoms with Gasteiger partial charge in [-0.15, -0.1) is 0 Å². The van der Waals surface area contributed by atoms with Gasteiger partial charge in [0.1, 0.15) is 0 Å². The molecule has 0 saturated heterocycles. The molecule has 0 aromatic heterocycles. The Labute approximate surface area is 231 Å². The molecule has 4 heteroatoms. The first-order chi connectivity index (χ1) is 17.7. The van der Waals surface area contributed by atoms with Crippen LogP contribution in [0.25, 0.3) is 0 Å². The van der Waals surface area contributed by atoms with E-state index in [0.29, 0.717) is 12.1 Å². The zero-order valence-electron chi connectivity index (χ0n) is 23.5. The Bertz CT molecular complexity index is 708. The average Bonchev–Trinajstić information content (AvgIpc) is 2.89. The summed E-state index contributed by atoms with van der Waals surface area (Å²) in [6.45, 7) is 9.15. The monoisotopic (exact) mass is 528 g/mol. The van der Waals surface area contributed by atoms with Crippen LogP contribution in [0.3, 0.4) is 0 Å². The van der Waals surface area contributed by atoms with Crippen LogP contribution in [0.1, 0.15) is 118 Å². The maximum Gasteiger partial charge on any atom is 0.0343 e. The molecule has 0 saturated carbocycles. The fourth-order valence-corrected chi connectivity index (χ4v) is 6.62. The van der Waals surface area contributed by atoms with Gasteiger partial charge in [-0.05, 0) is 74.2 Å². The topological polar surface area (TPSA) is 24.1 Å². The predicted octanol–water partition coefficient (Wildman–Crippen LogP) is 11.6. The minimum atomic E-state index is 0.597. The predicted molar refractivity (Wildman–Crippen MR) is 167 cm³/mol. The van der Waals surface area contributed by atoms with Gasteiger partial charge in [-0.1, -0.05) is 113 Å². The molecule has 2 N–H and O–H groups in total. The van der Waals surface area contributed by atoms with E-state index < -0.39 is 0 Å². The summed E-state index contributed by atoms with van der Waals surface area (Å²) in [5.74, 6) is 0. The van der Waals surface area contributed by atoms with E-state index in [1.165, 1.54) is 111 Å². The van der Waals surface area contributed by atoms with Crippen LogP contribution in [0.2, 0.25) is 0 Å². The molecule has 2 aromatic carbocycles. The van der Waals surface area contributed by atoms with Crippen molar-refractivity contribution in [3.8, 4) is 0 Å². The summed E-state index contributed by atoms with van der Waals surface area (Å²) < 4.78 is 0. The van der Waals surface area contributed by atoms with Crippen molar-refractivity contribution >= 4 is 33.0 Å². The zero-order valence-corrected chi connectivity index (χ0v) is 25.1. The lowest BCUT2D eigenvalue weighted by Gasteiger charge is -2.20. The number of rotatable bonds is 21. The van der Waals surface area contributed by atoms with Crippen molar-refractivity contribution in [1.82, 2.24) is 0 Å². The third-order valence-electron chi connectivity index (χ3n) is 6.77. The van der Waals surface area contributed by atoms with Crippen molar-refractivity contribution in [2.45, 2.75) is 139 Å². The van der Waals surface area contributed by atoms with Crippen LogP contribution in [0.15, 0.2) is 58.3 Å². The van der Waals surface area contributed by atoms with Gasteiger partial charge in [-0.25, -0.2) is 0 Å². The Morgan fingerprint density at radius 1 is 0.472 bits per heavy atom. The Morgan fingerprint density at radius 3 is 1.19 bits per heavy atom. The van der Waals surface area contributed by atoms with E-state index in [1.807, 2.05) is 21.6 Å². The van der Waals surface area contributed by atoms with E-state index >= 15 is 0 Å². The fourth-order valence-electron chi connectivity index (χ4n) is 4.69. The molecule has 0 spiro atoms. The molecule has 202 valence electrons. The second kappa shape index (κ2) is 19.8. The number of benzene rings is 2. The van der Waals surface area contributed by atoms with Gasteiger partial charge in [-0.2, -0.15) is 0 Å². The Hall–Kier alpha value is -1.26. The fraction of sp³-hybridized carbons (Fsp3) is 0.625. The molecular weight excluding hydrogens is 477 g/mol. The number of unbranched alkanes of at least 4 members (excludes halogenated alkanes) is 6. The van der Waals surface area contributed by atoms with Crippen LogP contribution in [-0.4, -0.2) is 12.1 Å². The van der Waals surface area contributed by atoms with Crippen molar-refractivity contribution in [2.75, 3.05) is 10.6 Å². The summed E-state index contributed by atoms with van der Waals surface area (Å²) in [6, 6.07) is 19.2. The lowest BCUT2D eigenvalue weighted by atomic mass is 10.0. The minimum Gasteiger partial charge on any atom is -0.382 e. The number of hydrogen-bond acceptors (Lipinski definition) is 4. The van der Waals surface area contributed by atoms with Crippen molar-refractivity contribution in [2.24, 2.45) is 0 Å². The molecule has 2 aromatic rings. The van der Waals surface area contributed by atoms with Gasteiger partial charge in [0.25, 0.3) is 0 Å². The molecule has 0 radical (unpaired) electrons. The van der Waals surface area contributed by atoms with Crippen molar-refractivity contribution < 1.29 is 0 Å². The third kappa shape index (κ3) is 13.3. The largest absolute Gasteiger partial charge is 0.382 e. The molecule has 0 amide bonds. The van der Waals surface area contributed by atoms with Gasteiger partial charge in [0.15, 0.2) is 0 Å². The molecule has 2 atom stereocenters. The van der Waals surface area contributed by atoms with Gasteiger partial charge in [0, 0.05) is 33.2 Å². The molecule has 2 rings (SSSR count). The minimum absolute atomic E-state index is 0.597. The molecule has 0 aliphatic heterocycles. The van der Waals surface area contributed by atoms with Crippen LogP contribution in [0, 0.1) is 0 Å². The average molecular weight is 529 g/mol. The van der Waals surface area contributed by atoms with Crippen LogP contribution in [0.4, 0.5) is 11.4 Å². The van der Waals surface area contributed by atoms with Crippen LogP contribution in [-0.2, 0) is 0 Å². The van der Waals surface area contributed by atoms with E-state index in [0.717, 1.165) is 0 Å². The molecule has 2 nitrogen and oxygen atoms in total. The molecule has 2 unspecified atom stereocenters. The van der Waals surface area contributed by atoms with Gasteiger partial charge in [0.2, 0.25) is 0 Å². The van der Waals surface area contributed by atoms with Crippen LogP contribution >= 0.6 is 21.6 Å². The quantitative estimate of drug-likeness (QED) is 0.124. The van der Waals surface area contributed by atoms with Gasteiger partial charge in [-0.3, -0.25) is 0 Å². The zero-order chi connectivity index (χ0) is 25.8. The molecule has 0 fully saturated rings. The van der Waals surface area contributed by atoms with Gasteiger partial charge in [0.05, 0.1) is 0 Å². The Morgan fingerprint density at radius 2 is 0.861 bits per heavy atom. The number of nitrogens with one attached hydrogen (secondary N) is 2. The molecular formula is C32H52N2S2. The SMILES string of the molecule is CCCCCCC(CCC)Nc1ccc(SSc2ccc(NC(CCC)CCCCCC)cc2)cc1. The van der Waals surface area contributed by atoms with Crippen LogP contribution in [0.5, 0.6) is 0 Å². The highest BCUT2D eigenvalue weighted by Gasteiger charge is 2.09. The van der Waals surface area contributed by atoms with E-state index in [4.69, 9.17) is 0 Å². The lowest BCUT2D eigenvalue weighted by Crippen LogP contribution is -2.19. The normalized spacial score (nSPS) is 12.9. The first-order valence-corrected chi connectivity index (χ1v) is 16.9. The first-order valence-electron chi connectivity index (χ1n) is 14.8. The summed E-state index contributed by atoms with van der Waals surface area (Å²) >= 11 is 0. The third-order valence-corrected chi connectivity index (χ3v) is 9.19. The molecule has 0 heterocycles. The smallest absolute Gasteiger partial charge is 0.0343 e. The highest BCUT2D eigenvalue weighted by Crippen LogP contribution is 2.38. The van der Waals surface area contributed by atoms with Gasteiger partial charge < -0.3 is 10.6 Å². The van der Waals surface area contributed by atoms with Crippen molar-refractivity contribution in [3.63, 3.8) is 0 Å². The maximum absolute atomic E-state index is 3.78. The summed E-state index contributed by atoms with van der Waals surface area (Å²) in [5, 5.41) is 7.57. The molecule has 36 heavy (non-hydrogen) atoms. The van der Waals surface area contributed by atoms with E-state index in [2.05, 4.69) is 86.9 Å². The standard InChI is InChI=1S/C32H52N2S2/c1-5-9-11-13-17-27(15-7-3)33-29-19-23-31(24-20-29)35-36-32-25-21-30(22-26-32)34-28(16-8-4)18-14-12-10-6-2/h19-28,33-34H,5-18H2,1-4H3.